The molecule has 2 saturated heterocycles. The molecule has 0 spiro atoms. The first kappa shape index (κ1) is 7.53. The highest BCUT2D eigenvalue weighted by atomic mass is 16.5. The molecule has 0 aliphatic carbocycles. The fourth-order valence-electron chi connectivity index (χ4n) is 1.72. The summed E-state index contributed by atoms with van der Waals surface area (Å²) in [7, 11) is 0. The lowest BCUT2D eigenvalue weighted by atomic mass is 10.1. The smallest absolute Gasteiger partial charge is 0.0961 e. The number of nitrogens with one attached hydrogen (secondary N) is 1. The average Bonchev–Trinajstić information content (AvgIpc) is 2.58. The zero-order valence-corrected chi connectivity index (χ0v) is 6.71. The minimum atomic E-state index is 0.311. The summed E-state index contributed by atoms with van der Waals surface area (Å²) in [6.07, 6.45) is 3.05. The third-order valence-corrected chi connectivity index (χ3v) is 2.34. The third kappa shape index (κ3) is 1.72. The average molecular weight is 157 g/mol. The number of hydrogen-bond acceptors (Lipinski definition) is 3. The molecule has 2 fully saturated rings. The topological polar surface area (TPSA) is 30.5 Å². The van der Waals surface area contributed by atoms with Crippen molar-refractivity contribution >= 4 is 0 Å². The van der Waals surface area contributed by atoms with Crippen molar-refractivity contribution in [3.8, 4) is 0 Å². The Labute approximate surface area is 67.1 Å². The Morgan fingerprint density at radius 1 is 1.09 bits per heavy atom. The van der Waals surface area contributed by atoms with Crippen molar-refractivity contribution in [2.24, 2.45) is 0 Å². The third-order valence-electron chi connectivity index (χ3n) is 2.34. The summed E-state index contributed by atoms with van der Waals surface area (Å²) < 4.78 is 11.1. The Morgan fingerprint density at radius 3 is 2.64 bits per heavy atom. The van der Waals surface area contributed by atoms with Gasteiger partial charge in [0.1, 0.15) is 0 Å². The molecule has 11 heavy (non-hydrogen) atoms. The van der Waals surface area contributed by atoms with Crippen LogP contribution in [0.4, 0.5) is 0 Å². The normalized spacial score (nSPS) is 39.3. The van der Waals surface area contributed by atoms with E-state index in [-0.39, 0.29) is 0 Å². The molecule has 0 radical (unpaired) electrons. The molecule has 0 unspecified atom stereocenters. The van der Waals surface area contributed by atoms with E-state index < -0.39 is 0 Å². The zero-order valence-electron chi connectivity index (χ0n) is 6.71. The van der Waals surface area contributed by atoms with Crippen molar-refractivity contribution in [1.29, 1.82) is 0 Å². The fraction of sp³-hybridized carbons (Fsp3) is 1.00. The Morgan fingerprint density at radius 2 is 2.00 bits per heavy atom. The van der Waals surface area contributed by atoms with Gasteiger partial charge in [0.2, 0.25) is 0 Å². The van der Waals surface area contributed by atoms with Crippen LogP contribution in [0.2, 0.25) is 0 Å². The second-order valence-electron chi connectivity index (χ2n) is 3.16. The fourth-order valence-corrected chi connectivity index (χ4v) is 1.72. The standard InChI is InChI=1S/C8H15NO2/c1-2-7(10-4-1)8-6-9-3-5-11-8/h7-9H,1-6H2/t7-,8-/m0/s1. The van der Waals surface area contributed by atoms with Crippen LogP contribution < -0.4 is 5.32 Å². The van der Waals surface area contributed by atoms with Crippen molar-refractivity contribution in [3.05, 3.63) is 0 Å². The number of morpholine rings is 1. The van der Waals surface area contributed by atoms with Gasteiger partial charge in [0.05, 0.1) is 18.8 Å². The summed E-state index contributed by atoms with van der Waals surface area (Å²) in [5.41, 5.74) is 0. The van der Waals surface area contributed by atoms with Gasteiger partial charge in [-0.05, 0) is 12.8 Å². The summed E-state index contributed by atoms with van der Waals surface area (Å²) in [5, 5.41) is 3.31. The number of ether oxygens (including phenoxy) is 2. The first-order chi connectivity index (χ1) is 5.47. The lowest BCUT2D eigenvalue weighted by Crippen LogP contribution is -2.44. The summed E-state index contributed by atoms with van der Waals surface area (Å²) in [6, 6.07) is 0. The quantitative estimate of drug-likeness (QED) is 0.588. The maximum Gasteiger partial charge on any atom is 0.0961 e. The van der Waals surface area contributed by atoms with E-state index in [1.807, 2.05) is 0 Å². The molecule has 64 valence electrons. The number of rotatable bonds is 1. The van der Waals surface area contributed by atoms with Gasteiger partial charge in [-0.25, -0.2) is 0 Å². The van der Waals surface area contributed by atoms with E-state index in [9.17, 15) is 0 Å². The largest absolute Gasteiger partial charge is 0.375 e. The number of hydrogen-bond donors (Lipinski definition) is 1. The molecule has 3 nitrogen and oxygen atoms in total. The second-order valence-corrected chi connectivity index (χ2v) is 3.16. The van der Waals surface area contributed by atoms with Crippen molar-refractivity contribution in [3.63, 3.8) is 0 Å². The SMILES string of the molecule is C1CO[C@H]([C@@H]2CNCCO2)C1. The highest BCUT2D eigenvalue weighted by Gasteiger charge is 2.27. The van der Waals surface area contributed by atoms with Crippen molar-refractivity contribution in [2.75, 3.05) is 26.3 Å². The van der Waals surface area contributed by atoms with Crippen LogP contribution in [0.25, 0.3) is 0 Å². The van der Waals surface area contributed by atoms with Gasteiger partial charge >= 0.3 is 0 Å². The van der Waals surface area contributed by atoms with E-state index in [2.05, 4.69) is 5.32 Å². The van der Waals surface area contributed by atoms with Gasteiger partial charge in [0.25, 0.3) is 0 Å². The van der Waals surface area contributed by atoms with E-state index in [1.54, 1.807) is 0 Å². The molecule has 3 heteroatoms. The molecule has 0 aromatic heterocycles. The summed E-state index contributed by atoms with van der Waals surface area (Å²) >= 11 is 0. The van der Waals surface area contributed by atoms with E-state index >= 15 is 0 Å². The molecule has 2 rings (SSSR count). The molecule has 0 bridgehead atoms. The predicted molar refractivity (Wildman–Crippen MR) is 41.6 cm³/mol. The molecule has 2 atom stereocenters. The van der Waals surface area contributed by atoms with Crippen molar-refractivity contribution in [2.45, 2.75) is 25.0 Å². The van der Waals surface area contributed by atoms with Crippen molar-refractivity contribution < 1.29 is 9.47 Å². The van der Waals surface area contributed by atoms with Gasteiger partial charge in [-0.1, -0.05) is 0 Å². The zero-order chi connectivity index (χ0) is 7.52. The van der Waals surface area contributed by atoms with Crippen LogP contribution in [0.5, 0.6) is 0 Å². The molecule has 2 aliphatic rings. The Hall–Kier alpha value is -0.120. The Bertz CT molecular complexity index is 117. The molecule has 2 heterocycles. The highest BCUT2D eigenvalue weighted by molar-refractivity contribution is 4.79. The van der Waals surface area contributed by atoms with Gasteiger partial charge in [0, 0.05) is 19.7 Å². The monoisotopic (exact) mass is 157 g/mol. The lowest BCUT2D eigenvalue weighted by molar-refractivity contribution is -0.0612. The highest BCUT2D eigenvalue weighted by Crippen LogP contribution is 2.18. The van der Waals surface area contributed by atoms with Gasteiger partial charge in [-0.3, -0.25) is 0 Å². The van der Waals surface area contributed by atoms with Crippen LogP contribution >= 0.6 is 0 Å². The van der Waals surface area contributed by atoms with Crippen LogP contribution in [0.1, 0.15) is 12.8 Å². The first-order valence-electron chi connectivity index (χ1n) is 4.41. The van der Waals surface area contributed by atoms with E-state index in [1.165, 1.54) is 12.8 Å². The summed E-state index contributed by atoms with van der Waals surface area (Å²) in [5.74, 6) is 0. The Balaban J connectivity index is 1.82. The van der Waals surface area contributed by atoms with Gasteiger partial charge < -0.3 is 14.8 Å². The van der Waals surface area contributed by atoms with Gasteiger partial charge in [-0.2, -0.15) is 0 Å². The van der Waals surface area contributed by atoms with Crippen LogP contribution in [-0.2, 0) is 9.47 Å². The Kier molecular flexibility index (Phi) is 2.41. The van der Waals surface area contributed by atoms with E-state index in [0.29, 0.717) is 12.2 Å². The van der Waals surface area contributed by atoms with E-state index in [0.717, 1.165) is 26.3 Å². The summed E-state index contributed by atoms with van der Waals surface area (Å²) in [4.78, 5) is 0. The maximum absolute atomic E-state index is 5.57. The maximum atomic E-state index is 5.57. The molecule has 0 aromatic rings. The second kappa shape index (κ2) is 3.52. The molecular formula is C8H15NO2. The van der Waals surface area contributed by atoms with Crippen molar-refractivity contribution in [1.82, 2.24) is 5.32 Å². The van der Waals surface area contributed by atoms with Gasteiger partial charge in [-0.15, -0.1) is 0 Å². The van der Waals surface area contributed by atoms with Crippen LogP contribution in [0.15, 0.2) is 0 Å². The van der Waals surface area contributed by atoms with E-state index in [4.69, 9.17) is 9.47 Å². The molecule has 1 N–H and O–H groups in total. The molecule has 0 amide bonds. The van der Waals surface area contributed by atoms with Crippen LogP contribution in [0, 0.1) is 0 Å². The van der Waals surface area contributed by atoms with Crippen LogP contribution in [-0.4, -0.2) is 38.5 Å². The molecular weight excluding hydrogens is 142 g/mol. The first-order valence-corrected chi connectivity index (χ1v) is 4.41. The minimum Gasteiger partial charge on any atom is -0.375 e. The summed E-state index contributed by atoms with van der Waals surface area (Å²) in [6.45, 7) is 3.71. The lowest BCUT2D eigenvalue weighted by Gasteiger charge is -2.27. The predicted octanol–water partition coefficient (Wildman–Crippen LogP) is 0.154. The van der Waals surface area contributed by atoms with Crippen LogP contribution in [0.3, 0.4) is 0 Å². The molecule has 0 aromatic carbocycles. The molecule has 2 aliphatic heterocycles. The van der Waals surface area contributed by atoms with Gasteiger partial charge in [0.15, 0.2) is 0 Å². The molecule has 0 saturated carbocycles. The minimum absolute atomic E-state index is 0.311.